The Morgan fingerprint density at radius 2 is 2.00 bits per heavy atom. The Hall–Kier alpha value is -2.77. The van der Waals surface area contributed by atoms with Gasteiger partial charge in [-0.1, -0.05) is 18.2 Å². The maximum absolute atomic E-state index is 5.70. The Morgan fingerprint density at radius 3 is 2.78 bits per heavy atom. The number of hydrogen-bond donors (Lipinski definition) is 3. The fraction of sp³-hybridized carbons (Fsp3) is 0.350. The first-order valence-electron chi connectivity index (χ1n) is 9.35. The van der Waals surface area contributed by atoms with Gasteiger partial charge in [-0.15, -0.1) is 0 Å². The van der Waals surface area contributed by atoms with Gasteiger partial charge in [0.1, 0.15) is 5.82 Å². The van der Waals surface area contributed by atoms with E-state index < -0.39 is 0 Å². The van der Waals surface area contributed by atoms with Crippen molar-refractivity contribution < 1.29 is 4.74 Å². The molecule has 2 atom stereocenters. The normalized spacial score (nSPS) is 17.7. The van der Waals surface area contributed by atoms with E-state index in [0.717, 1.165) is 49.6 Å². The first kappa shape index (κ1) is 17.6. The number of rotatable bonds is 8. The van der Waals surface area contributed by atoms with Crippen molar-refractivity contribution in [1.82, 2.24) is 25.5 Å². The first-order chi connectivity index (χ1) is 13.4. The molecule has 7 heteroatoms. The average molecular weight is 364 g/mol. The lowest BCUT2D eigenvalue weighted by molar-refractivity contribution is 0.110. The molecule has 2 aromatic heterocycles. The van der Waals surface area contributed by atoms with Crippen LogP contribution < -0.4 is 10.6 Å². The van der Waals surface area contributed by atoms with Crippen LogP contribution in [0.1, 0.15) is 24.7 Å². The molecular weight excluding hydrogens is 340 g/mol. The summed E-state index contributed by atoms with van der Waals surface area (Å²) in [5, 5.41) is 14.5. The Morgan fingerprint density at radius 1 is 1.15 bits per heavy atom. The van der Waals surface area contributed by atoms with Crippen LogP contribution in [-0.4, -0.2) is 46.0 Å². The van der Waals surface area contributed by atoms with Crippen molar-refractivity contribution in [2.75, 3.05) is 25.0 Å². The van der Waals surface area contributed by atoms with Gasteiger partial charge >= 0.3 is 0 Å². The number of hydrogen-bond acceptors (Lipinski definition) is 6. The molecule has 4 rings (SSSR count). The number of para-hydroxylation sites is 1. The number of nitrogens with zero attached hydrogens (tertiary/aromatic N) is 3. The minimum absolute atomic E-state index is 0.0307. The standard InChI is InChI=1S/C20H24N6O/c1-2-5-16(6-3-1)23-18(14-22-13-17-7-4-12-27-17)20-24-19(25-26-20)15-8-10-21-11-9-15/h1-3,5-6,8-11,17-18,22-23H,4,7,12-14H2,(H,24,25,26)/t17-,18?/m0/s1. The Labute approximate surface area is 158 Å². The predicted octanol–water partition coefficient (Wildman–Crippen LogP) is 2.79. The molecule has 1 fully saturated rings. The lowest BCUT2D eigenvalue weighted by atomic mass is 10.2. The van der Waals surface area contributed by atoms with E-state index in [1.54, 1.807) is 12.4 Å². The summed E-state index contributed by atoms with van der Waals surface area (Å²) in [6.07, 6.45) is 6.07. The van der Waals surface area contributed by atoms with E-state index >= 15 is 0 Å². The van der Waals surface area contributed by atoms with E-state index in [9.17, 15) is 0 Å². The number of aromatic amines is 1. The Bertz CT molecular complexity index is 817. The van der Waals surface area contributed by atoms with Crippen LogP contribution in [-0.2, 0) is 4.74 Å². The third-order valence-corrected chi connectivity index (χ3v) is 4.63. The van der Waals surface area contributed by atoms with Crippen molar-refractivity contribution in [3.63, 3.8) is 0 Å². The molecule has 27 heavy (non-hydrogen) atoms. The molecule has 3 N–H and O–H groups in total. The molecule has 3 heterocycles. The number of anilines is 1. The molecule has 140 valence electrons. The van der Waals surface area contributed by atoms with Crippen LogP contribution in [0.5, 0.6) is 0 Å². The number of H-pyrrole nitrogens is 1. The minimum atomic E-state index is -0.0307. The lowest BCUT2D eigenvalue weighted by Crippen LogP contribution is -2.32. The maximum Gasteiger partial charge on any atom is 0.181 e. The van der Waals surface area contributed by atoms with Crippen LogP contribution in [0.4, 0.5) is 5.69 Å². The molecule has 0 spiro atoms. The SMILES string of the molecule is c1ccc(NC(CNC[C@@H]2CCCO2)c2nc(-c3ccncc3)n[nH]2)cc1. The van der Waals surface area contributed by atoms with Crippen molar-refractivity contribution in [3.8, 4) is 11.4 Å². The zero-order valence-electron chi connectivity index (χ0n) is 15.1. The van der Waals surface area contributed by atoms with Crippen molar-refractivity contribution in [1.29, 1.82) is 0 Å². The van der Waals surface area contributed by atoms with Gasteiger partial charge in [-0.05, 0) is 37.1 Å². The second kappa shape index (κ2) is 8.75. The van der Waals surface area contributed by atoms with Crippen LogP contribution in [0.3, 0.4) is 0 Å². The van der Waals surface area contributed by atoms with Crippen molar-refractivity contribution in [2.45, 2.75) is 25.0 Å². The summed E-state index contributed by atoms with van der Waals surface area (Å²) < 4.78 is 5.70. The van der Waals surface area contributed by atoms with Crippen LogP contribution in [0.2, 0.25) is 0 Å². The van der Waals surface area contributed by atoms with Gasteiger partial charge in [0.05, 0.1) is 12.1 Å². The molecule has 1 aliphatic heterocycles. The zero-order valence-corrected chi connectivity index (χ0v) is 15.1. The third kappa shape index (κ3) is 4.69. The van der Waals surface area contributed by atoms with Crippen LogP contribution in [0.15, 0.2) is 54.9 Å². The van der Waals surface area contributed by atoms with E-state index in [1.165, 1.54) is 0 Å². The summed E-state index contributed by atoms with van der Waals surface area (Å²) in [5.74, 6) is 1.47. The summed E-state index contributed by atoms with van der Waals surface area (Å²) in [6, 6.07) is 13.9. The van der Waals surface area contributed by atoms with Gasteiger partial charge in [-0.3, -0.25) is 10.1 Å². The Kier molecular flexibility index (Phi) is 5.71. The number of benzene rings is 1. The second-order valence-corrected chi connectivity index (χ2v) is 6.64. The molecule has 1 saturated heterocycles. The molecule has 1 aromatic carbocycles. The summed E-state index contributed by atoms with van der Waals surface area (Å²) in [5.41, 5.74) is 1.99. The van der Waals surface area contributed by atoms with E-state index in [-0.39, 0.29) is 6.04 Å². The van der Waals surface area contributed by atoms with Gasteiger partial charge in [0.15, 0.2) is 5.82 Å². The summed E-state index contributed by atoms with van der Waals surface area (Å²) in [6.45, 7) is 2.44. The smallest absolute Gasteiger partial charge is 0.181 e. The maximum atomic E-state index is 5.70. The first-order valence-corrected chi connectivity index (χ1v) is 9.35. The van der Waals surface area contributed by atoms with Crippen LogP contribution in [0.25, 0.3) is 11.4 Å². The number of nitrogens with one attached hydrogen (secondary N) is 3. The summed E-state index contributed by atoms with van der Waals surface area (Å²) in [7, 11) is 0. The molecule has 0 bridgehead atoms. The van der Waals surface area contributed by atoms with Gasteiger partial charge in [-0.2, -0.15) is 5.10 Å². The fourth-order valence-corrected chi connectivity index (χ4v) is 3.21. The van der Waals surface area contributed by atoms with E-state index in [2.05, 4.69) is 25.8 Å². The molecule has 0 radical (unpaired) electrons. The third-order valence-electron chi connectivity index (χ3n) is 4.63. The topological polar surface area (TPSA) is 87.8 Å². The molecule has 0 saturated carbocycles. The highest BCUT2D eigenvalue weighted by Crippen LogP contribution is 2.20. The molecular formula is C20H24N6O. The molecule has 3 aromatic rings. The quantitative estimate of drug-likeness (QED) is 0.570. The van der Waals surface area contributed by atoms with E-state index in [0.29, 0.717) is 11.9 Å². The van der Waals surface area contributed by atoms with Gasteiger partial charge in [-0.25, -0.2) is 4.98 Å². The highest BCUT2D eigenvalue weighted by atomic mass is 16.5. The highest BCUT2D eigenvalue weighted by molar-refractivity contribution is 5.53. The molecule has 1 unspecified atom stereocenters. The Balaban J connectivity index is 1.47. The summed E-state index contributed by atoms with van der Waals surface area (Å²) in [4.78, 5) is 8.75. The van der Waals surface area contributed by atoms with Gasteiger partial charge in [0.25, 0.3) is 0 Å². The zero-order chi connectivity index (χ0) is 18.3. The highest BCUT2D eigenvalue weighted by Gasteiger charge is 2.19. The van der Waals surface area contributed by atoms with Gasteiger partial charge in [0.2, 0.25) is 0 Å². The van der Waals surface area contributed by atoms with Gasteiger partial charge < -0.3 is 15.4 Å². The summed E-state index contributed by atoms with van der Waals surface area (Å²) >= 11 is 0. The second-order valence-electron chi connectivity index (χ2n) is 6.64. The van der Waals surface area contributed by atoms with Crippen molar-refractivity contribution >= 4 is 5.69 Å². The molecule has 7 nitrogen and oxygen atoms in total. The van der Waals surface area contributed by atoms with E-state index in [1.807, 2.05) is 42.5 Å². The van der Waals surface area contributed by atoms with Crippen molar-refractivity contribution in [2.24, 2.45) is 0 Å². The molecule has 0 aliphatic carbocycles. The predicted molar refractivity (Wildman–Crippen MR) is 104 cm³/mol. The van der Waals surface area contributed by atoms with Crippen molar-refractivity contribution in [3.05, 3.63) is 60.7 Å². The average Bonchev–Trinajstić information content (AvgIpc) is 3.41. The van der Waals surface area contributed by atoms with E-state index in [4.69, 9.17) is 9.72 Å². The number of ether oxygens (including phenoxy) is 1. The number of pyridine rings is 1. The van der Waals surface area contributed by atoms with Crippen LogP contribution in [0, 0.1) is 0 Å². The minimum Gasteiger partial charge on any atom is -0.377 e. The monoisotopic (exact) mass is 364 g/mol. The lowest BCUT2D eigenvalue weighted by Gasteiger charge is -2.19. The number of aromatic nitrogens is 4. The fourth-order valence-electron chi connectivity index (χ4n) is 3.21. The largest absolute Gasteiger partial charge is 0.377 e. The molecule has 0 amide bonds. The van der Waals surface area contributed by atoms with Crippen LogP contribution >= 0.6 is 0 Å². The van der Waals surface area contributed by atoms with Gasteiger partial charge in [0, 0.05) is 43.3 Å². The molecule has 1 aliphatic rings.